The second kappa shape index (κ2) is 9.98. The van der Waals surface area contributed by atoms with E-state index in [-0.39, 0.29) is 12.5 Å². The molecule has 1 rings (SSSR count). The predicted octanol–water partition coefficient (Wildman–Crippen LogP) is 1.38. The summed E-state index contributed by atoms with van der Waals surface area (Å²) in [5.74, 6) is 5.98. The molecule has 21 heavy (non-hydrogen) atoms. The molecule has 2 N–H and O–H groups in total. The standard InChI is InChI=1S/C17H24N2O2/c1-3-10-18-17(21)14-19(2)13-16-9-6-8-15(12-16)7-4-5-11-20/h6,8-9,12,20H,3,5,10-11,13-14H2,1-2H3,(H,18,21). The zero-order valence-corrected chi connectivity index (χ0v) is 12.9. The number of carbonyl (C=O) groups is 1. The van der Waals surface area contributed by atoms with E-state index in [2.05, 4.69) is 17.2 Å². The van der Waals surface area contributed by atoms with Crippen molar-refractivity contribution in [3.63, 3.8) is 0 Å². The van der Waals surface area contributed by atoms with Gasteiger partial charge in [0.25, 0.3) is 0 Å². The molecule has 4 nitrogen and oxygen atoms in total. The van der Waals surface area contributed by atoms with Gasteiger partial charge in [-0.1, -0.05) is 30.9 Å². The van der Waals surface area contributed by atoms with Crippen molar-refractivity contribution in [2.45, 2.75) is 26.3 Å². The van der Waals surface area contributed by atoms with Crippen LogP contribution in [0.3, 0.4) is 0 Å². The molecular weight excluding hydrogens is 264 g/mol. The van der Waals surface area contributed by atoms with Gasteiger partial charge in [0.1, 0.15) is 0 Å². The number of nitrogens with one attached hydrogen (secondary N) is 1. The van der Waals surface area contributed by atoms with Gasteiger partial charge in [0.05, 0.1) is 13.2 Å². The Morgan fingerprint density at radius 2 is 2.24 bits per heavy atom. The number of aliphatic hydroxyl groups is 1. The summed E-state index contributed by atoms with van der Waals surface area (Å²) in [6.07, 6.45) is 1.44. The van der Waals surface area contributed by atoms with E-state index < -0.39 is 0 Å². The van der Waals surface area contributed by atoms with E-state index in [1.165, 1.54) is 0 Å². The number of likely N-dealkylation sites (N-methyl/N-ethyl adjacent to an activating group) is 1. The van der Waals surface area contributed by atoms with Crippen LogP contribution in [-0.4, -0.2) is 42.7 Å². The molecule has 0 spiro atoms. The lowest BCUT2D eigenvalue weighted by molar-refractivity contribution is -0.122. The highest BCUT2D eigenvalue weighted by molar-refractivity contribution is 5.77. The van der Waals surface area contributed by atoms with Crippen LogP contribution in [-0.2, 0) is 11.3 Å². The number of aliphatic hydroxyl groups excluding tert-OH is 1. The van der Waals surface area contributed by atoms with Crippen LogP contribution in [0.25, 0.3) is 0 Å². The molecule has 0 aliphatic carbocycles. The van der Waals surface area contributed by atoms with E-state index in [4.69, 9.17) is 5.11 Å². The zero-order valence-electron chi connectivity index (χ0n) is 12.9. The first-order chi connectivity index (χ1) is 10.2. The van der Waals surface area contributed by atoms with Gasteiger partial charge in [-0.3, -0.25) is 9.69 Å². The van der Waals surface area contributed by atoms with Crippen molar-refractivity contribution in [1.82, 2.24) is 10.2 Å². The molecule has 0 heterocycles. The van der Waals surface area contributed by atoms with Crippen LogP contribution in [0.1, 0.15) is 30.9 Å². The molecule has 0 aliphatic rings. The molecule has 0 fully saturated rings. The Hall–Kier alpha value is -1.83. The second-order valence-corrected chi connectivity index (χ2v) is 5.00. The summed E-state index contributed by atoms with van der Waals surface area (Å²) >= 11 is 0. The molecule has 0 saturated carbocycles. The van der Waals surface area contributed by atoms with Gasteiger partial charge >= 0.3 is 0 Å². The van der Waals surface area contributed by atoms with E-state index in [0.717, 1.165) is 24.1 Å². The normalized spacial score (nSPS) is 10.1. The lowest BCUT2D eigenvalue weighted by Crippen LogP contribution is -2.35. The Kier molecular flexibility index (Phi) is 8.18. The van der Waals surface area contributed by atoms with Crippen LogP contribution in [0.4, 0.5) is 0 Å². The van der Waals surface area contributed by atoms with Crippen molar-refractivity contribution < 1.29 is 9.90 Å². The summed E-state index contributed by atoms with van der Waals surface area (Å²) in [5, 5.41) is 11.6. The molecule has 0 aliphatic heterocycles. The van der Waals surface area contributed by atoms with Gasteiger partial charge in [0.15, 0.2) is 0 Å². The van der Waals surface area contributed by atoms with Gasteiger partial charge in [-0.2, -0.15) is 0 Å². The van der Waals surface area contributed by atoms with Crippen molar-refractivity contribution in [1.29, 1.82) is 0 Å². The summed E-state index contributed by atoms with van der Waals surface area (Å²) in [5.41, 5.74) is 2.06. The molecule has 0 unspecified atom stereocenters. The highest BCUT2D eigenvalue weighted by atomic mass is 16.2. The number of hydrogen-bond donors (Lipinski definition) is 2. The van der Waals surface area contributed by atoms with E-state index in [9.17, 15) is 4.79 Å². The van der Waals surface area contributed by atoms with Crippen LogP contribution in [0.15, 0.2) is 24.3 Å². The van der Waals surface area contributed by atoms with Gasteiger partial charge in [0, 0.05) is 25.1 Å². The molecule has 1 amide bonds. The molecule has 0 saturated heterocycles. The third-order valence-electron chi connectivity index (χ3n) is 2.83. The number of nitrogens with zero attached hydrogens (tertiary/aromatic N) is 1. The summed E-state index contributed by atoms with van der Waals surface area (Å²) < 4.78 is 0. The maximum Gasteiger partial charge on any atom is 0.234 e. The fourth-order valence-electron chi connectivity index (χ4n) is 1.90. The fraction of sp³-hybridized carbons (Fsp3) is 0.471. The van der Waals surface area contributed by atoms with Crippen molar-refractivity contribution in [3.8, 4) is 11.8 Å². The second-order valence-electron chi connectivity index (χ2n) is 5.00. The molecule has 114 valence electrons. The van der Waals surface area contributed by atoms with Gasteiger partial charge in [0.2, 0.25) is 5.91 Å². The van der Waals surface area contributed by atoms with Crippen LogP contribution < -0.4 is 5.32 Å². The molecular formula is C17H24N2O2. The molecule has 4 heteroatoms. The SMILES string of the molecule is CCCNC(=O)CN(C)Cc1cccc(C#CCCO)c1. The first-order valence-electron chi connectivity index (χ1n) is 7.29. The molecule has 1 aromatic rings. The Morgan fingerprint density at radius 3 is 2.95 bits per heavy atom. The van der Waals surface area contributed by atoms with E-state index in [1.54, 1.807) is 0 Å². The number of hydrogen-bond acceptors (Lipinski definition) is 3. The van der Waals surface area contributed by atoms with E-state index in [1.807, 2.05) is 43.1 Å². The van der Waals surface area contributed by atoms with Gasteiger partial charge < -0.3 is 10.4 Å². The first-order valence-corrected chi connectivity index (χ1v) is 7.29. The van der Waals surface area contributed by atoms with Crippen molar-refractivity contribution >= 4 is 5.91 Å². The van der Waals surface area contributed by atoms with Crippen LogP contribution in [0.5, 0.6) is 0 Å². The highest BCUT2D eigenvalue weighted by Gasteiger charge is 2.06. The lowest BCUT2D eigenvalue weighted by atomic mass is 10.1. The Bertz CT molecular complexity index is 503. The Balaban J connectivity index is 2.52. The Labute approximate surface area is 127 Å². The smallest absolute Gasteiger partial charge is 0.234 e. The summed E-state index contributed by atoms with van der Waals surface area (Å²) in [6, 6.07) is 7.95. The minimum absolute atomic E-state index is 0.0539. The van der Waals surface area contributed by atoms with Crippen molar-refractivity contribution in [3.05, 3.63) is 35.4 Å². The highest BCUT2D eigenvalue weighted by Crippen LogP contribution is 2.06. The van der Waals surface area contributed by atoms with Gasteiger partial charge in [-0.25, -0.2) is 0 Å². The van der Waals surface area contributed by atoms with Gasteiger partial charge in [-0.15, -0.1) is 0 Å². The monoisotopic (exact) mass is 288 g/mol. The minimum Gasteiger partial charge on any atom is -0.395 e. The summed E-state index contributed by atoms with van der Waals surface area (Å²) in [7, 11) is 1.93. The third kappa shape index (κ3) is 7.50. The predicted molar refractivity (Wildman–Crippen MR) is 84.7 cm³/mol. The average molecular weight is 288 g/mol. The van der Waals surface area contributed by atoms with Crippen molar-refractivity contribution in [2.75, 3.05) is 26.7 Å². The molecule has 0 aromatic heterocycles. The van der Waals surface area contributed by atoms with Crippen LogP contribution in [0.2, 0.25) is 0 Å². The number of benzene rings is 1. The number of amides is 1. The number of rotatable bonds is 7. The molecule has 0 bridgehead atoms. The molecule has 1 aromatic carbocycles. The number of carbonyl (C=O) groups excluding carboxylic acids is 1. The van der Waals surface area contributed by atoms with Crippen molar-refractivity contribution in [2.24, 2.45) is 0 Å². The average Bonchev–Trinajstić information content (AvgIpc) is 2.45. The Morgan fingerprint density at radius 1 is 1.43 bits per heavy atom. The largest absolute Gasteiger partial charge is 0.395 e. The van der Waals surface area contributed by atoms with Gasteiger partial charge in [-0.05, 0) is 31.2 Å². The van der Waals surface area contributed by atoms with E-state index >= 15 is 0 Å². The maximum atomic E-state index is 11.6. The van der Waals surface area contributed by atoms with Crippen LogP contribution >= 0.6 is 0 Å². The lowest BCUT2D eigenvalue weighted by Gasteiger charge is -2.16. The van der Waals surface area contributed by atoms with Crippen LogP contribution in [0, 0.1) is 11.8 Å². The first kappa shape index (κ1) is 17.2. The van der Waals surface area contributed by atoms with E-state index in [0.29, 0.717) is 19.5 Å². The molecule has 0 radical (unpaired) electrons. The molecule has 0 atom stereocenters. The summed E-state index contributed by atoms with van der Waals surface area (Å²) in [4.78, 5) is 13.6. The topological polar surface area (TPSA) is 52.6 Å². The maximum absolute atomic E-state index is 11.6. The minimum atomic E-state index is 0.0539. The third-order valence-corrected chi connectivity index (χ3v) is 2.83. The summed E-state index contributed by atoms with van der Waals surface area (Å²) in [6.45, 7) is 3.94. The zero-order chi connectivity index (χ0) is 15.5. The quantitative estimate of drug-likeness (QED) is 0.745. The fourth-order valence-corrected chi connectivity index (χ4v) is 1.90.